The molecule has 0 unspecified atom stereocenters. The molecule has 0 aliphatic carbocycles. The van der Waals surface area contributed by atoms with Crippen LogP contribution in [0.25, 0.3) is 0 Å². The Bertz CT molecular complexity index is 1390. The van der Waals surface area contributed by atoms with Crippen LogP contribution < -0.4 is 19.9 Å². The lowest BCUT2D eigenvalue weighted by Crippen LogP contribution is -2.48. The van der Waals surface area contributed by atoms with Gasteiger partial charge in [-0.3, -0.25) is 4.79 Å². The molecular weight excluding hydrogens is 555 g/mol. The van der Waals surface area contributed by atoms with Crippen molar-refractivity contribution in [1.82, 2.24) is 10.3 Å². The summed E-state index contributed by atoms with van der Waals surface area (Å²) in [5, 5.41) is 3.67. The Labute approximate surface area is 250 Å². The first-order chi connectivity index (χ1) is 20.2. The maximum atomic E-state index is 15.2. The second-order valence-corrected chi connectivity index (χ2v) is 13.4. The van der Waals surface area contributed by atoms with Gasteiger partial charge in [0.15, 0.2) is 23.0 Å². The van der Waals surface area contributed by atoms with E-state index in [9.17, 15) is 4.79 Å². The Balaban J connectivity index is 1.12. The number of carbonyl (C=O) groups excluding carboxylic acids is 1. The topological polar surface area (TPSA) is 76.2 Å². The van der Waals surface area contributed by atoms with Gasteiger partial charge in [0.2, 0.25) is 0 Å². The van der Waals surface area contributed by atoms with E-state index in [1.165, 1.54) is 28.5 Å². The minimum absolute atomic E-state index is 0.0957. The molecular formula is C32H39FN4O4S. The molecule has 3 aliphatic heterocycles. The first-order valence-corrected chi connectivity index (χ1v) is 15.5. The molecule has 6 rings (SSSR count). The fourth-order valence-electron chi connectivity index (χ4n) is 5.83. The number of rotatable bonds is 6. The highest BCUT2D eigenvalue weighted by atomic mass is 32.1. The Hall–Kier alpha value is -3.21. The van der Waals surface area contributed by atoms with E-state index in [2.05, 4.69) is 65.1 Å². The monoisotopic (exact) mass is 594 g/mol. The first kappa shape index (κ1) is 28.9. The van der Waals surface area contributed by atoms with Crippen molar-refractivity contribution in [3.8, 4) is 5.75 Å². The molecule has 0 bridgehead atoms. The predicted molar refractivity (Wildman–Crippen MR) is 162 cm³/mol. The van der Waals surface area contributed by atoms with Crippen LogP contribution in [0.3, 0.4) is 0 Å². The molecule has 1 aromatic heterocycles. The van der Waals surface area contributed by atoms with Crippen molar-refractivity contribution in [2.75, 3.05) is 49.2 Å². The van der Waals surface area contributed by atoms with Crippen molar-refractivity contribution in [2.24, 2.45) is 0 Å². The van der Waals surface area contributed by atoms with Crippen LogP contribution in [0.4, 0.5) is 15.2 Å². The maximum absolute atomic E-state index is 15.2. The number of thiazole rings is 1. The van der Waals surface area contributed by atoms with Gasteiger partial charge < -0.3 is 29.3 Å². The normalized spacial score (nSPS) is 19.0. The molecule has 2 fully saturated rings. The summed E-state index contributed by atoms with van der Waals surface area (Å²) in [4.78, 5) is 22.1. The van der Waals surface area contributed by atoms with E-state index in [-0.39, 0.29) is 23.4 Å². The molecule has 1 spiro atoms. The number of piperidine rings is 1. The molecule has 1 N–H and O–H groups in total. The summed E-state index contributed by atoms with van der Waals surface area (Å²) in [5.41, 5.74) is 2.92. The lowest BCUT2D eigenvalue weighted by molar-refractivity contribution is -0.0378. The number of para-hydroxylation sites is 1. The zero-order valence-corrected chi connectivity index (χ0v) is 25.3. The molecule has 224 valence electrons. The van der Waals surface area contributed by atoms with Gasteiger partial charge in [-0.05, 0) is 28.7 Å². The Morgan fingerprint density at radius 1 is 1.07 bits per heavy atom. The van der Waals surface area contributed by atoms with E-state index in [4.69, 9.17) is 14.2 Å². The molecule has 0 atom stereocenters. The lowest BCUT2D eigenvalue weighted by Gasteiger charge is -2.41. The quantitative estimate of drug-likeness (QED) is 0.403. The van der Waals surface area contributed by atoms with Crippen molar-refractivity contribution < 1.29 is 23.4 Å². The molecule has 0 saturated carbocycles. The number of nitrogens with zero attached hydrogens (tertiary/aromatic N) is 3. The number of benzene rings is 2. The molecule has 10 heteroatoms. The minimum Gasteiger partial charge on any atom is -0.482 e. The maximum Gasteiger partial charge on any atom is 0.263 e. The molecule has 42 heavy (non-hydrogen) atoms. The first-order valence-electron chi connectivity index (χ1n) is 14.7. The zero-order valence-electron chi connectivity index (χ0n) is 24.5. The van der Waals surface area contributed by atoms with E-state index < -0.39 is 5.60 Å². The van der Waals surface area contributed by atoms with Crippen LogP contribution in [0, 0.1) is 5.82 Å². The van der Waals surface area contributed by atoms with Gasteiger partial charge in [-0.2, -0.15) is 0 Å². The number of carbonyl (C=O) groups is 1. The van der Waals surface area contributed by atoms with E-state index >= 15 is 4.39 Å². The van der Waals surface area contributed by atoms with Crippen molar-refractivity contribution >= 4 is 28.1 Å². The molecule has 4 heterocycles. The summed E-state index contributed by atoms with van der Waals surface area (Å²) < 4.78 is 32.6. The smallest absolute Gasteiger partial charge is 0.263 e. The van der Waals surface area contributed by atoms with E-state index in [1.54, 1.807) is 12.3 Å². The number of anilines is 2. The van der Waals surface area contributed by atoms with Crippen molar-refractivity contribution in [3.63, 3.8) is 0 Å². The summed E-state index contributed by atoms with van der Waals surface area (Å²) in [5.74, 6) is -0.162. The van der Waals surface area contributed by atoms with Crippen LogP contribution >= 0.6 is 11.3 Å². The molecule has 3 aliphatic rings. The number of aromatic nitrogens is 1. The number of fused-ring (bicyclic) bond motifs is 1. The molecule has 8 nitrogen and oxygen atoms in total. The van der Waals surface area contributed by atoms with Crippen LogP contribution in [-0.2, 0) is 21.4 Å². The summed E-state index contributed by atoms with van der Waals surface area (Å²) in [6, 6.07) is 14.0. The summed E-state index contributed by atoms with van der Waals surface area (Å²) in [6.45, 7) is 11.0. The fourth-order valence-corrected chi connectivity index (χ4v) is 6.71. The van der Waals surface area contributed by atoms with Gasteiger partial charge in [0, 0.05) is 45.4 Å². The number of amides is 1. The van der Waals surface area contributed by atoms with Gasteiger partial charge in [-0.15, -0.1) is 0 Å². The van der Waals surface area contributed by atoms with Crippen LogP contribution in [0.5, 0.6) is 5.75 Å². The standard InChI is InChI=1S/C32H39FN4O4S/c1-31(2,3)23-9-7-22(8-10-23)21-37-16-13-32(41-28-24(33)5-4-6-25(28)37)11-14-36(15-12-32)30-35-19-26(42-30)29(38)34-20-27-39-17-18-40-27/h4-10,19,27H,11-18,20-21H2,1-3H3,(H,34,38). The van der Waals surface area contributed by atoms with Gasteiger partial charge in [0.05, 0.1) is 31.6 Å². The average molecular weight is 595 g/mol. The van der Waals surface area contributed by atoms with Crippen molar-refractivity contribution in [3.05, 3.63) is 70.5 Å². The van der Waals surface area contributed by atoms with Crippen LogP contribution in [0.2, 0.25) is 0 Å². The lowest BCUT2D eigenvalue weighted by atomic mass is 9.86. The highest BCUT2D eigenvalue weighted by Crippen LogP contribution is 2.43. The third kappa shape index (κ3) is 6.26. The third-order valence-electron chi connectivity index (χ3n) is 8.42. The highest BCUT2D eigenvalue weighted by molar-refractivity contribution is 7.17. The van der Waals surface area contributed by atoms with E-state index in [0.29, 0.717) is 36.9 Å². The molecule has 1 amide bonds. The summed E-state index contributed by atoms with van der Waals surface area (Å²) in [7, 11) is 0. The average Bonchev–Trinajstić information content (AvgIpc) is 3.66. The molecule has 2 saturated heterocycles. The SMILES string of the molecule is CC(C)(C)c1ccc(CN2CCC3(CCN(c4ncc(C(=O)NCC5OCCO5)s4)CC3)Oc3c(F)cccc32)cc1. The highest BCUT2D eigenvalue weighted by Gasteiger charge is 2.41. The summed E-state index contributed by atoms with van der Waals surface area (Å²) >= 11 is 1.38. The Kier molecular flexibility index (Phi) is 8.13. The van der Waals surface area contributed by atoms with Crippen molar-refractivity contribution in [1.29, 1.82) is 0 Å². The Morgan fingerprint density at radius 2 is 1.79 bits per heavy atom. The van der Waals surface area contributed by atoms with Gasteiger partial charge in [-0.25, -0.2) is 9.37 Å². The Morgan fingerprint density at radius 3 is 2.50 bits per heavy atom. The number of ether oxygens (including phenoxy) is 3. The van der Waals surface area contributed by atoms with Gasteiger partial charge in [0.1, 0.15) is 10.5 Å². The zero-order chi connectivity index (χ0) is 29.3. The van der Waals surface area contributed by atoms with Gasteiger partial charge >= 0.3 is 0 Å². The second kappa shape index (κ2) is 11.8. The van der Waals surface area contributed by atoms with Crippen LogP contribution in [-0.4, -0.2) is 62.2 Å². The second-order valence-electron chi connectivity index (χ2n) is 12.4. The number of halogens is 1. The molecule has 2 aromatic carbocycles. The number of nitrogens with one attached hydrogen (secondary N) is 1. The third-order valence-corrected chi connectivity index (χ3v) is 9.48. The number of hydrogen-bond donors (Lipinski definition) is 1. The van der Waals surface area contributed by atoms with Gasteiger partial charge in [0.25, 0.3) is 5.91 Å². The minimum atomic E-state index is -0.461. The van der Waals surface area contributed by atoms with E-state index in [0.717, 1.165) is 49.7 Å². The largest absolute Gasteiger partial charge is 0.482 e. The predicted octanol–water partition coefficient (Wildman–Crippen LogP) is 5.51. The van der Waals surface area contributed by atoms with Crippen molar-refractivity contribution in [2.45, 2.75) is 63.9 Å². The molecule has 3 aromatic rings. The van der Waals surface area contributed by atoms with Gasteiger partial charge in [-0.1, -0.05) is 62.4 Å². The van der Waals surface area contributed by atoms with Crippen LogP contribution in [0.15, 0.2) is 48.7 Å². The molecule has 0 radical (unpaired) electrons. The van der Waals surface area contributed by atoms with E-state index in [1.807, 2.05) is 6.07 Å². The fraction of sp³-hybridized carbons (Fsp3) is 0.500. The van der Waals surface area contributed by atoms with Crippen LogP contribution in [0.1, 0.15) is 60.8 Å². The summed E-state index contributed by atoms with van der Waals surface area (Å²) in [6.07, 6.45) is 3.51. The number of hydrogen-bond acceptors (Lipinski definition) is 8.